The molecule has 20 heavy (non-hydrogen) atoms. The third kappa shape index (κ3) is 3.17. The van der Waals surface area contributed by atoms with E-state index in [1.165, 1.54) is 0 Å². The van der Waals surface area contributed by atoms with Crippen molar-refractivity contribution in [3.8, 4) is 5.75 Å². The van der Waals surface area contributed by atoms with Crippen LogP contribution in [0.1, 0.15) is 41.9 Å². The fourth-order valence-corrected chi connectivity index (χ4v) is 2.27. The summed E-state index contributed by atoms with van der Waals surface area (Å²) in [7, 11) is 0. The molecule has 0 aliphatic carbocycles. The number of rotatable bonds is 5. The second kappa shape index (κ2) is 6.53. The lowest BCUT2D eigenvalue weighted by Crippen LogP contribution is -2.15. The van der Waals surface area contributed by atoms with E-state index in [2.05, 4.69) is 18.0 Å². The molecule has 0 saturated carbocycles. The molecule has 0 radical (unpaired) electrons. The molecular formula is C17H22N2O. The Bertz CT molecular complexity index is 581. The number of nitrogens with zero attached hydrogens (tertiary/aromatic N) is 1. The highest BCUT2D eigenvalue weighted by atomic mass is 16.5. The Morgan fingerprint density at radius 2 is 1.85 bits per heavy atom. The van der Waals surface area contributed by atoms with Crippen LogP contribution < -0.4 is 10.5 Å². The quantitative estimate of drug-likeness (QED) is 0.904. The van der Waals surface area contributed by atoms with Gasteiger partial charge in [0, 0.05) is 17.0 Å². The zero-order valence-corrected chi connectivity index (χ0v) is 12.4. The first-order chi connectivity index (χ1) is 9.63. The maximum Gasteiger partial charge on any atom is 0.124 e. The average Bonchev–Trinajstić information content (AvgIpc) is 2.45. The summed E-state index contributed by atoms with van der Waals surface area (Å²) in [5.74, 6) is 0.863. The fourth-order valence-electron chi connectivity index (χ4n) is 2.27. The van der Waals surface area contributed by atoms with E-state index in [-0.39, 0.29) is 6.04 Å². The first-order valence-corrected chi connectivity index (χ1v) is 7.05. The van der Waals surface area contributed by atoms with Crippen LogP contribution in [0.2, 0.25) is 0 Å². The SMILES string of the molecule is CCCOc1ccccc1C(N)c1ccc(C)nc1C. The van der Waals surface area contributed by atoms with Crippen molar-refractivity contribution in [1.29, 1.82) is 0 Å². The molecule has 0 fully saturated rings. The van der Waals surface area contributed by atoms with E-state index < -0.39 is 0 Å². The molecule has 0 spiro atoms. The molecule has 1 aromatic heterocycles. The molecule has 3 nitrogen and oxygen atoms in total. The predicted octanol–water partition coefficient (Wildman–Crippen LogP) is 3.54. The van der Waals surface area contributed by atoms with Gasteiger partial charge < -0.3 is 10.5 Å². The molecule has 3 heteroatoms. The third-order valence-corrected chi connectivity index (χ3v) is 3.32. The average molecular weight is 270 g/mol. The van der Waals surface area contributed by atoms with Crippen molar-refractivity contribution in [2.75, 3.05) is 6.61 Å². The van der Waals surface area contributed by atoms with Gasteiger partial charge >= 0.3 is 0 Å². The van der Waals surface area contributed by atoms with Crippen LogP contribution in [0, 0.1) is 13.8 Å². The number of hydrogen-bond donors (Lipinski definition) is 1. The molecule has 2 rings (SSSR count). The van der Waals surface area contributed by atoms with Crippen molar-refractivity contribution in [2.45, 2.75) is 33.2 Å². The number of aryl methyl sites for hydroxylation is 2. The number of ether oxygens (including phenoxy) is 1. The van der Waals surface area contributed by atoms with Crippen LogP contribution in [0.15, 0.2) is 36.4 Å². The Morgan fingerprint density at radius 1 is 1.10 bits per heavy atom. The van der Waals surface area contributed by atoms with Gasteiger partial charge in [-0.2, -0.15) is 0 Å². The van der Waals surface area contributed by atoms with Gasteiger partial charge in [-0.1, -0.05) is 31.2 Å². The highest BCUT2D eigenvalue weighted by Gasteiger charge is 2.16. The number of hydrogen-bond acceptors (Lipinski definition) is 3. The summed E-state index contributed by atoms with van der Waals surface area (Å²) < 4.78 is 5.79. The van der Waals surface area contributed by atoms with Crippen molar-refractivity contribution < 1.29 is 4.74 Å². The molecule has 106 valence electrons. The molecule has 0 aliphatic rings. The van der Waals surface area contributed by atoms with Crippen molar-refractivity contribution in [3.63, 3.8) is 0 Å². The Balaban J connectivity index is 2.35. The second-order valence-electron chi connectivity index (χ2n) is 4.99. The van der Waals surface area contributed by atoms with E-state index in [0.29, 0.717) is 6.61 Å². The normalized spacial score (nSPS) is 12.2. The van der Waals surface area contributed by atoms with E-state index in [1.807, 2.05) is 44.2 Å². The summed E-state index contributed by atoms with van der Waals surface area (Å²) in [5.41, 5.74) is 10.5. The first kappa shape index (κ1) is 14.5. The number of nitrogens with two attached hydrogens (primary N) is 1. The fraction of sp³-hybridized carbons (Fsp3) is 0.353. The van der Waals surface area contributed by atoms with E-state index in [9.17, 15) is 0 Å². The van der Waals surface area contributed by atoms with Gasteiger partial charge in [0.05, 0.1) is 12.6 Å². The van der Waals surface area contributed by atoms with Gasteiger partial charge in [0.25, 0.3) is 0 Å². The number of aromatic nitrogens is 1. The molecule has 0 aliphatic heterocycles. The molecule has 1 unspecified atom stereocenters. The molecular weight excluding hydrogens is 248 g/mol. The Morgan fingerprint density at radius 3 is 2.55 bits per heavy atom. The van der Waals surface area contributed by atoms with Gasteiger partial charge in [0.2, 0.25) is 0 Å². The van der Waals surface area contributed by atoms with E-state index in [1.54, 1.807) is 0 Å². The topological polar surface area (TPSA) is 48.1 Å². The van der Waals surface area contributed by atoms with Crippen LogP contribution in [0.5, 0.6) is 5.75 Å². The Hall–Kier alpha value is -1.87. The van der Waals surface area contributed by atoms with Crippen molar-refractivity contribution >= 4 is 0 Å². The zero-order valence-electron chi connectivity index (χ0n) is 12.4. The summed E-state index contributed by atoms with van der Waals surface area (Å²) in [6.07, 6.45) is 0.981. The van der Waals surface area contributed by atoms with Gasteiger partial charge in [0.1, 0.15) is 5.75 Å². The lowest BCUT2D eigenvalue weighted by atomic mass is 9.97. The standard InChI is InChI=1S/C17H22N2O/c1-4-11-20-16-8-6-5-7-15(16)17(18)14-10-9-12(2)19-13(14)3/h5-10,17H,4,11,18H2,1-3H3. The smallest absolute Gasteiger partial charge is 0.124 e. The largest absolute Gasteiger partial charge is 0.493 e. The molecule has 1 atom stereocenters. The molecule has 1 aromatic carbocycles. The van der Waals surface area contributed by atoms with Gasteiger partial charge in [-0.05, 0) is 38.0 Å². The first-order valence-electron chi connectivity index (χ1n) is 7.05. The van der Waals surface area contributed by atoms with Gasteiger partial charge in [0.15, 0.2) is 0 Å². The minimum Gasteiger partial charge on any atom is -0.493 e. The summed E-state index contributed by atoms with van der Waals surface area (Å²) in [4.78, 5) is 4.49. The predicted molar refractivity (Wildman–Crippen MR) is 82.0 cm³/mol. The van der Waals surface area contributed by atoms with Gasteiger partial charge in [-0.25, -0.2) is 0 Å². The number of benzene rings is 1. The molecule has 0 bridgehead atoms. The van der Waals surface area contributed by atoms with Crippen LogP contribution in [0.3, 0.4) is 0 Å². The monoisotopic (exact) mass is 270 g/mol. The van der Waals surface area contributed by atoms with Crippen LogP contribution in [-0.2, 0) is 0 Å². The highest BCUT2D eigenvalue weighted by molar-refractivity contribution is 5.42. The van der Waals surface area contributed by atoms with Crippen molar-refractivity contribution in [3.05, 3.63) is 58.9 Å². The lowest BCUT2D eigenvalue weighted by Gasteiger charge is -2.18. The summed E-state index contributed by atoms with van der Waals surface area (Å²) in [5, 5.41) is 0. The van der Waals surface area contributed by atoms with Crippen LogP contribution in [-0.4, -0.2) is 11.6 Å². The molecule has 2 N–H and O–H groups in total. The van der Waals surface area contributed by atoms with E-state index in [0.717, 1.165) is 34.7 Å². The summed E-state index contributed by atoms with van der Waals surface area (Å²) >= 11 is 0. The van der Waals surface area contributed by atoms with Crippen LogP contribution in [0.4, 0.5) is 0 Å². The minimum absolute atomic E-state index is 0.212. The van der Waals surface area contributed by atoms with Crippen molar-refractivity contribution in [2.24, 2.45) is 5.73 Å². The minimum atomic E-state index is -0.212. The van der Waals surface area contributed by atoms with Crippen molar-refractivity contribution in [1.82, 2.24) is 4.98 Å². The second-order valence-corrected chi connectivity index (χ2v) is 4.99. The Kier molecular flexibility index (Phi) is 4.74. The maximum absolute atomic E-state index is 6.42. The third-order valence-electron chi connectivity index (χ3n) is 3.32. The Labute approximate surface area is 120 Å². The molecule has 0 amide bonds. The maximum atomic E-state index is 6.42. The van der Waals surface area contributed by atoms with E-state index in [4.69, 9.17) is 10.5 Å². The molecule has 1 heterocycles. The molecule has 2 aromatic rings. The zero-order chi connectivity index (χ0) is 14.5. The van der Waals surface area contributed by atoms with Gasteiger partial charge in [-0.3, -0.25) is 4.98 Å². The van der Waals surface area contributed by atoms with Crippen LogP contribution >= 0.6 is 0 Å². The van der Waals surface area contributed by atoms with E-state index >= 15 is 0 Å². The number of pyridine rings is 1. The summed E-state index contributed by atoms with van der Waals surface area (Å²) in [6.45, 7) is 6.78. The number of para-hydroxylation sites is 1. The van der Waals surface area contributed by atoms with Gasteiger partial charge in [-0.15, -0.1) is 0 Å². The highest BCUT2D eigenvalue weighted by Crippen LogP contribution is 2.29. The molecule has 0 saturated heterocycles. The summed E-state index contributed by atoms with van der Waals surface area (Å²) in [6, 6.07) is 11.8. The lowest BCUT2D eigenvalue weighted by molar-refractivity contribution is 0.313. The van der Waals surface area contributed by atoms with Crippen LogP contribution in [0.25, 0.3) is 0 Å².